The van der Waals surface area contributed by atoms with Crippen LogP contribution in [0.3, 0.4) is 0 Å². The lowest BCUT2D eigenvalue weighted by atomic mass is 9.77. The number of hydrogen-bond acceptors (Lipinski definition) is 11. The number of ether oxygens (including phenoxy) is 3. The lowest BCUT2D eigenvalue weighted by Crippen LogP contribution is -2.50. The number of hydrogen-bond donors (Lipinski definition) is 3. The number of rotatable bonds is 12. The Hall–Kier alpha value is -4.83. The minimum Gasteiger partial charge on any atom is -0.497 e. The quantitative estimate of drug-likeness (QED) is 0.0954. The van der Waals surface area contributed by atoms with Crippen LogP contribution in [0.5, 0.6) is 11.6 Å². The van der Waals surface area contributed by atoms with Crippen LogP contribution in [0.25, 0.3) is 11.2 Å². The minimum atomic E-state index is -3.01. The molecule has 0 aliphatic carbocycles. The summed E-state index contributed by atoms with van der Waals surface area (Å²) in [5, 5.41) is 25.9. The van der Waals surface area contributed by atoms with Gasteiger partial charge in [-0.1, -0.05) is 78.7 Å². The number of halogens is 1. The molecular weight excluding hydrogens is 652 g/mol. The topological polar surface area (TPSA) is 150 Å². The first kappa shape index (κ1) is 34.0. The maximum absolute atomic E-state index is 16.0. The largest absolute Gasteiger partial charge is 0.497 e. The zero-order valence-corrected chi connectivity index (χ0v) is 27.9. The molecule has 0 saturated carbocycles. The first-order valence-corrected chi connectivity index (χ1v) is 17.2. The second kappa shape index (κ2) is 13.6. The predicted octanol–water partition coefficient (Wildman–Crippen LogP) is 4.68. The van der Waals surface area contributed by atoms with Crippen LogP contribution in [0.15, 0.2) is 91.3 Å². The summed E-state index contributed by atoms with van der Waals surface area (Å²) in [4.78, 5) is 13.9. The summed E-state index contributed by atoms with van der Waals surface area (Å²) < 4.78 is 50.8. The maximum atomic E-state index is 16.0. The SMILES string of the molecule is C#C[C@]1(O)[C@H](n2cnc3c(OCC)nc(NC(c4ccccc4)(c4ccccc4)c4ccc(OC)cc4)nc32)O[C@](F)(CO[PH](C)=O)[C@H]1O. The number of fused-ring (bicyclic) bond motifs is 1. The summed E-state index contributed by atoms with van der Waals surface area (Å²) in [5.74, 6) is -0.123. The van der Waals surface area contributed by atoms with Gasteiger partial charge in [-0.05, 0) is 35.7 Å². The Morgan fingerprint density at radius 1 is 1.06 bits per heavy atom. The standard InChI is InChI=1S/C35H35FN5O7P/c1-5-33(43)30(42)34(36,21-47-49(4)44)48-31(33)41-22-37-27-28(41)38-32(39-29(27)46-6-2)40-35(23-13-9-7-10-14-23,24-15-11-8-12-16-24)25-17-19-26(45-3)20-18-25/h1,7-20,22,30-31,42-43,49H,6,21H2,2-4H3,(H,38,39,40)/t30-,31+,33+,34+/m0/s1. The fourth-order valence-corrected chi connectivity index (χ4v) is 6.39. The highest BCUT2D eigenvalue weighted by molar-refractivity contribution is 7.38. The molecule has 14 heteroatoms. The molecule has 1 saturated heterocycles. The van der Waals surface area contributed by atoms with Crippen molar-refractivity contribution in [2.45, 2.75) is 36.3 Å². The van der Waals surface area contributed by atoms with Gasteiger partial charge in [-0.2, -0.15) is 9.97 Å². The number of terminal acetylenes is 1. The average Bonchev–Trinajstić information content (AvgIpc) is 3.64. The average molecular weight is 688 g/mol. The molecule has 0 spiro atoms. The van der Waals surface area contributed by atoms with Crippen LogP contribution in [-0.2, 0) is 19.4 Å². The second-order valence-electron chi connectivity index (χ2n) is 11.4. The van der Waals surface area contributed by atoms with Crippen LogP contribution in [0, 0.1) is 12.3 Å². The molecule has 3 heterocycles. The molecule has 5 aromatic rings. The number of nitrogens with one attached hydrogen (secondary N) is 1. The van der Waals surface area contributed by atoms with Gasteiger partial charge in [0.2, 0.25) is 17.4 Å². The van der Waals surface area contributed by atoms with Crippen molar-refractivity contribution in [3.63, 3.8) is 0 Å². The van der Waals surface area contributed by atoms with Gasteiger partial charge in [0, 0.05) is 6.66 Å². The Morgan fingerprint density at radius 2 is 1.67 bits per heavy atom. The highest BCUT2D eigenvalue weighted by atomic mass is 31.1. The Balaban J connectivity index is 1.55. The van der Waals surface area contributed by atoms with Gasteiger partial charge in [-0.3, -0.25) is 9.13 Å². The summed E-state index contributed by atoms with van der Waals surface area (Å²) in [6, 6.07) is 27.0. The number of imidazole rings is 1. The summed E-state index contributed by atoms with van der Waals surface area (Å²) in [6.45, 7) is 2.30. The molecule has 3 N–H and O–H groups in total. The third-order valence-electron chi connectivity index (χ3n) is 8.37. The van der Waals surface area contributed by atoms with E-state index in [-0.39, 0.29) is 29.6 Å². The summed E-state index contributed by atoms with van der Waals surface area (Å²) in [6.07, 6.45) is 2.88. The molecule has 1 fully saturated rings. The molecule has 0 radical (unpaired) electrons. The number of alkyl halides is 1. The van der Waals surface area contributed by atoms with Crippen molar-refractivity contribution in [1.82, 2.24) is 19.5 Å². The third-order valence-corrected chi connectivity index (χ3v) is 8.92. The van der Waals surface area contributed by atoms with E-state index in [0.717, 1.165) is 16.7 Å². The van der Waals surface area contributed by atoms with E-state index in [1.54, 1.807) is 14.0 Å². The van der Waals surface area contributed by atoms with Crippen molar-refractivity contribution in [1.29, 1.82) is 0 Å². The van der Waals surface area contributed by atoms with Crippen LogP contribution >= 0.6 is 8.03 Å². The van der Waals surface area contributed by atoms with Gasteiger partial charge in [0.05, 0.1) is 20.0 Å². The fourth-order valence-electron chi connectivity index (χ4n) is 5.99. The lowest BCUT2D eigenvalue weighted by Gasteiger charge is -2.37. The first-order chi connectivity index (χ1) is 23.6. The second-order valence-corrected chi connectivity index (χ2v) is 12.6. The summed E-state index contributed by atoms with van der Waals surface area (Å²) in [7, 11) is -1.03. The first-order valence-electron chi connectivity index (χ1n) is 15.4. The number of methoxy groups -OCH3 is 1. The van der Waals surface area contributed by atoms with Crippen molar-refractivity contribution in [2.24, 2.45) is 0 Å². The number of aliphatic hydroxyl groups excluding tert-OH is 1. The van der Waals surface area contributed by atoms with Gasteiger partial charge >= 0.3 is 0 Å². The van der Waals surface area contributed by atoms with Gasteiger partial charge in [-0.15, -0.1) is 6.42 Å². The molecular formula is C35H35FN5O7P. The molecule has 5 atom stereocenters. The predicted molar refractivity (Wildman–Crippen MR) is 181 cm³/mol. The van der Waals surface area contributed by atoms with Crippen molar-refractivity contribution in [3.8, 4) is 24.0 Å². The Morgan fingerprint density at radius 3 is 2.22 bits per heavy atom. The summed E-state index contributed by atoms with van der Waals surface area (Å²) >= 11 is 0. The van der Waals surface area contributed by atoms with E-state index in [4.69, 9.17) is 35.1 Å². The van der Waals surface area contributed by atoms with Crippen molar-refractivity contribution >= 4 is 25.1 Å². The van der Waals surface area contributed by atoms with E-state index < -0.39 is 44.0 Å². The third kappa shape index (κ3) is 6.03. The lowest BCUT2D eigenvalue weighted by molar-refractivity contribution is -0.201. The number of aromatic nitrogens is 4. The van der Waals surface area contributed by atoms with Crippen molar-refractivity contribution < 1.29 is 37.9 Å². The van der Waals surface area contributed by atoms with E-state index in [0.29, 0.717) is 5.75 Å². The maximum Gasteiger partial charge on any atom is 0.265 e. The molecule has 254 valence electrons. The zero-order chi connectivity index (χ0) is 34.8. The van der Waals surface area contributed by atoms with Crippen LogP contribution in [0.2, 0.25) is 0 Å². The molecule has 3 aromatic carbocycles. The van der Waals surface area contributed by atoms with Crippen molar-refractivity contribution in [3.05, 3.63) is 108 Å². The van der Waals surface area contributed by atoms with E-state index in [9.17, 15) is 14.8 Å². The van der Waals surface area contributed by atoms with Gasteiger partial charge in [0.15, 0.2) is 31.5 Å². The minimum absolute atomic E-state index is 0.0471. The van der Waals surface area contributed by atoms with Crippen molar-refractivity contribution in [2.75, 3.05) is 32.3 Å². The van der Waals surface area contributed by atoms with Crippen LogP contribution < -0.4 is 14.8 Å². The fraction of sp³-hybridized carbons (Fsp3) is 0.286. The Bertz CT molecular complexity index is 1950. The van der Waals surface area contributed by atoms with Crippen LogP contribution in [0.4, 0.5) is 10.3 Å². The van der Waals surface area contributed by atoms with E-state index in [1.807, 2.05) is 84.9 Å². The highest BCUT2D eigenvalue weighted by Crippen LogP contribution is 2.47. The number of aliphatic hydroxyl groups is 2. The van der Waals surface area contributed by atoms with Gasteiger partial charge < -0.3 is 34.3 Å². The number of benzene rings is 3. The molecule has 1 aliphatic heterocycles. The highest BCUT2D eigenvalue weighted by Gasteiger charge is 2.65. The smallest absolute Gasteiger partial charge is 0.265 e. The van der Waals surface area contributed by atoms with Gasteiger partial charge in [-0.25, -0.2) is 9.37 Å². The molecule has 12 nitrogen and oxygen atoms in total. The molecule has 2 aromatic heterocycles. The molecule has 6 rings (SSSR count). The Kier molecular flexibility index (Phi) is 9.44. The van der Waals surface area contributed by atoms with E-state index in [2.05, 4.69) is 16.2 Å². The molecule has 49 heavy (non-hydrogen) atoms. The molecule has 1 aliphatic rings. The number of nitrogens with zero attached hydrogens (tertiary/aromatic N) is 4. The molecule has 1 unspecified atom stereocenters. The van der Waals surface area contributed by atoms with E-state index >= 15 is 4.39 Å². The zero-order valence-electron chi connectivity index (χ0n) is 26.9. The van der Waals surface area contributed by atoms with Gasteiger partial charge in [0.25, 0.3) is 5.85 Å². The van der Waals surface area contributed by atoms with Crippen LogP contribution in [0.1, 0.15) is 29.8 Å². The Labute approximate surface area is 282 Å². The molecule has 0 bridgehead atoms. The molecule has 0 amide bonds. The van der Waals surface area contributed by atoms with E-state index in [1.165, 1.54) is 17.6 Å². The summed E-state index contributed by atoms with van der Waals surface area (Å²) in [5.41, 5.74) is -0.968. The monoisotopic (exact) mass is 687 g/mol. The van der Waals surface area contributed by atoms with Crippen LogP contribution in [-0.4, -0.2) is 74.3 Å². The van der Waals surface area contributed by atoms with Gasteiger partial charge in [0.1, 0.15) is 17.9 Å². The number of anilines is 1. The normalized spacial score (nSPS) is 22.8.